The van der Waals surface area contributed by atoms with Gasteiger partial charge in [-0.15, -0.1) is 0 Å². The highest BCUT2D eigenvalue weighted by Crippen LogP contribution is 2.37. The molecule has 0 aromatic heterocycles. The molecule has 0 unspecified atom stereocenters. The van der Waals surface area contributed by atoms with Crippen molar-refractivity contribution in [3.63, 3.8) is 0 Å². The molecule has 0 N–H and O–H groups in total. The minimum absolute atomic E-state index is 0.0410. The molecule has 1 rings (SSSR count). The zero-order valence-corrected chi connectivity index (χ0v) is 8.96. The number of aliphatic imine (C=N–C) groups is 1. The average molecular weight is 294 g/mol. The molecule has 0 bridgehead atoms. The molecule has 0 aliphatic heterocycles. The Kier molecular flexibility index (Phi) is 3.89. The second-order valence-electron chi connectivity index (χ2n) is 3.06. The van der Waals surface area contributed by atoms with Gasteiger partial charge in [0.2, 0.25) is 5.17 Å². The summed E-state index contributed by atoms with van der Waals surface area (Å²) in [6.07, 6.45) is -10.1. The maximum atomic E-state index is 12.6. The van der Waals surface area contributed by atoms with Crippen LogP contribution < -0.4 is 0 Å². The first-order chi connectivity index (χ1) is 8.01. The highest BCUT2D eigenvalue weighted by atomic mass is 35.5. The van der Waals surface area contributed by atoms with E-state index in [0.29, 0.717) is 12.1 Å². The number of alkyl halides is 6. The SMILES string of the molecule is Fc1ccc(N=C(Cl)C(F)(F)F)c(C(F)(F)F)c1. The van der Waals surface area contributed by atoms with Gasteiger partial charge in [0.15, 0.2) is 0 Å². The molecule has 0 amide bonds. The van der Waals surface area contributed by atoms with Crippen LogP contribution in [0, 0.1) is 5.82 Å². The van der Waals surface area contributed by atoms with Crippen molar-refractivity contribution in [1.29, 1.82) is 0 Å². The summed E-state index contributed by atoms with van der Waals surface area (Å²) in [7, 11) is 0. The zero-order chi connectivity index (χ0) is 14.1. The number of nitrogens with zero attached hydrogens (tertiary/aromatic N) is 1. The molecule has 0 spiro atoms. The van der Waals surface area contributed by atoms with Crippen LogP contribution in [0.2, 0.25) is 0 Å². The van der Waals surface area contributed by atoms with Crippen LogP contribution in [0.25, 0.3) is 0 Å². The Hall–Kier alpha value is -1.31. The monoisotopic (exact) mass is 293 g/mol. The first-order valence-corrected chi connectivity index (χ1v) is 4.58. The smallest absolute Gasteiger partial charge is 0.232 e. The molecule has 0 saturated carbocycles. The summed E-state index contributed by atoms with van der Waals surface area (Å²) in [5.41, 5.74) is -2.74. The van der Waals surface area contributed by atoms with E-state index in [2.05, 4.69) is 4.99 Å². The maximum absolute atomic E-state index is 12.6. The highest BCUT2D eigenvalue weighted by Gasteiger charge is 2.37. The maximum Gasteiger partial charge on any atom is 0.444 e. The van der Waals surface area contributed by atoms with Gasteiger partial charge in [-0.25, -0.2) is 9.38 Å². The third-order valence-electron chi connectivity index (χ3n) is 1.72. The summed E-state index contributed by atoms with van der Waals surface area (Å²) in [4.78, 5) is 2.61. The van der Waals surface area contributed by atoms with Gasteiger partial charge in [0.05, 0.1) is 11.3 Å². The van der Waals surface area contributed by atoms with Crippen molar-refractivity contribution < 1.29 is 30.7 Å². The van der Waals surface area contributed by atoms with E-state index >= 15 is 0 Å². The lowest BCUT2D eigenvalue weighted by molar-refractivity contribution is -0.137. The van der Waals surface area contributed by atoms with Crippen LogP contribution in [0.1, 0.15) is 5.56 Å². The molecule has 0 fully saturated rings. The van der Waals surface area contributed by atoms with E-state index in [1.54, 1.807) is 0 Å². The Morgan fingerprint density at radius 3 is 2.06 bits per heavy atom. The molecule has 0 saturated heterocycles. The van der Waals surface area contributed by atoms with Crippen molar-refractivity contribution >= 4 is 22.5 Å². The number of hydrogen-bond acceptors (Lipinski definition) is 1. The van der Waals surface area contributed by atoms with Gasteiger partial charge in [0, 0.05) is 0 Å². The van der Waals surface area contributed by atoms with Crippen molar-refractivity contribution in [2.24, 2.45) is 4.99 Å². The largest absolute Gasteiger partial charge is 0.444 e. The Labute approximate surface area is 101 Å². The molecule has 1 aromatic rings. The topological polar surface area (TPSA) is 12.4 Å². The summed E-state index contributed by atoms with van der Waals surface area (Å²) in [5, 5.41) is -1.97. The standard InChI is InChI=1S/C9H3ClF7N/c10-7(9(15,16)17)18-6-2-1-4(11)3-5(6)8(12,13)14/h1-3H. The molecule has 0 heterocycles. The summed E-state index contributed by atoms with van der Waals surface area (Å²) in [5.74, 6) is -1.25. The second kappa shape index (κ2) is 4.75. The highest BCUT2D eigenvalue weighted by molar-refractivity contribution is 6.67. The fraction of sp³-hybridized carbons (Fsp3) is 0.222. The Morgan fingerprint density at radius 1 is 1.06 bits per heavy atom. The van der Waals surface area contributed by atoms with Crippen molar-refractivity contribution in [2.75, 3.05) is 0 Å². The van der Waals surface area contributed by atoms with E-state index in [4.69, 9.17) is 11.6 Å². The number of hydrogen-bond donors (Lipinski definition) is 0. The van der Waals surface area contributed by atoms with Gasteiger partial charge in [-0.05, 0) is 18.2 Å². The first kappa shape index (κ1) is 14.7. The van der Waals surface area contributed by atoms with Crippen molar-refractivity contribution in [2.45, 2.75) is 12.4 Å². The predicted octanol–water partition coefficient (Wildman–Crippen LogP) is 4.68. The van der Waals surface area contributed by atoms with Crippen molar-refractivity contribution in [3.05, 3.63) is 29.6 Å². The average Bonchev–Trinajstić information content (AvgIpc) is 2.17. The molecular formula is C9H3ClF7N. The van der Waals surface area contributed by atoms with E-state index in [0.717, 1.165) is 0 Å². The van der Waals surface area contributed by atoms with Crippen LogP contribution in [0.5, 0.6) is 0 Å². The zero-order valence-electron chi connectivity index (χ0n) is 8.20. The van der Waals surface area contributed by atoms with Crippen molar-refractivity contribution in [1.82, 2.24) is 0 Å². The molecule has 9 heteroatoms. The molecule has 18 heavy (non-hydrogen) atoms. The van der Waals surface area contributed by atoms with Gasteiger partial charge in [-0.1, -0.05) is 11.6 Å². The number of halogens is 8. The van der Waals surface area contributed by atoms with Crippen LogP contribution in [-0.2, 0) is 6.18 Å². The van der Waals surface area contributed by atoms with E-state index in [1.165, 1.54) is 0 Å². The second-order valence-corrected chi connectivity index (χ2v) is 3.42. The normalized spacial score (nSPS) is 13.9. The number of rotatable bonds is 1. The lowest BCUT2D eigenvalue weighted by Gasteiger charge is -2.10. The molecule has 1 nitrogen and oxygen atoms in total. The van der Waals surface area contributed by atoms with Crippen LogP contribution in [-0.4, -0.2) is 11.3 Å². The van der Waals surface area contributed by atoms with Crippen LogP contribution in [0.15, 0.2) is 23.2 Å². The van der Waals surface area contributed by atoms with Gasteiger partial charge >= 0.3 is 12.4 Å². The van der Waals surface area contributed by atoms with E-state index in [9.17, 15) is 30.7 Å². The summed E-state index contributed by atoms with van der Waals surface area (Å²) >= 11 is 4.72. The molecule has 0 atom stereocenters. The summed E-state index contributed by atoms with van der Waals surface area (Å²) in [6, 6.07) is 1.06. The Bertz CT molecular complexity index is 475. The third-order valence-corrected chi connectivity index (χ3v) is 2.02. The Balaban J connectivity index is 3.35. The first-order valence-electron chi connectivity index (χ1n) is 4.20. The molecule has 1 aromatic carbocycles. The van der Waals surface area contributed by atoms with E-state index in [1.807, 2.05) is 0 Å². The quantitative estimate of drug-likeness (QED) is 0.527. The molecule has 100 valence electrons. The molecule has 0 aliphatic carbocycles. The van der Waals surface area contributed by atoms with Gasteiger partial charge in [0.1, 0.15) is 5.82 Å². The van der Waals surface area contributed by atoms with Gasteiger partial charge in [-0.2, -0.15) is 26.3 Å². The fourth-order valence-electron chi connectivity index (χ4n) is 1.00. The third kappa shape index (κ3) is 3.59. The van der Waals surface area contributed by atoms with Gasteiger partial charge in [0.25, 0.3) is 0 Å². The fourth-order valence-corrected chi connectivity index (χ4v) is 1.09. The van der Waals surface area contributed by atoms with Crippen LogP contribution in [0.3, 0.4) is 0 Å². The summed E-state index contributed by atoms with van der Waals surface area (Å²) in [6.45, 7) is 0. The van der Waals surface area contributed by atoms with Crippen molar-refractivity contribution in [3.8, 4) is 0 Å². The lowest BCUT2D eigenvalue weighted by Crippen LogP contribution is -2.17. The van der Waals surface area contributed by atoms with Gasteiger partial charge < -0.3 is 0 Å². The molecule has 0 radical (unpaired) electrons. The predicted molar refractivity (Wildman–Crippen MR) is 50.4 cm³/mol. The lowest BCUT2D eigenvalue weighted by atomic mass is 10.1. The minimum atomic E-state index is -5.07. The number of benzene rings is 1. The minimum Gasteiger partial charge on any atom is -0.232 e. The van der Waals surface area contributed by atoms with E-state index in [-0.39, 0.29) is 6.07 Å². The molecule has 0 aliphatic rings. The summed E-state index contributed by atoms with van der Waals surface area (Å²) < 4.78 is 86.0. The van der Waals surface area contributed by atoms with Gasteiger partial charge in [-0.3, -0.25) is 0 Å². The van der Waals surface area contributed by atoms with Crippen LogP contribution >= 0.6 is 11.6 Å². The van der Waals surface area contributed by atoms with Crippen LogP contribution in [0.4, 0.5) is 36.4 Å². The Morgan fingerprint density at radius 2 is 1.61 bits per heavy atom. The van der Waals surface area contributed by atoms with E-state index < -0.39 is 34.6 Å². The molecular weight excluding hydrogens is 291 g/mol.